The first-order valence-corrected chi connectivity index (χ1v) is 8.80. The summed E-state index contributed by atoms with van der Waals surface area (Å²) in [5.41, 5.74) is 0.831. The van der Waals surface area contributed by atoms with Crippen LogP contribution in [0.15, 0.2) is 29.3 Å². The van der Waals surface area contributed by atoms with Gasteiger partial charge in [0.05, 0.1) is 12.2 Å². The second-order valence-corrected chi connectivity index (χ2v) is 5.92. The Labute approximate surface area is 142 Å². The van der Waals surface area contributed by atoms with Gasteiger partial charge < -0.3 is 9.64 Å². The Kier molecular flexibility index (Phi) is 8.87. The zero-order chi connectivity index (χ0) is 17.2. The SMILES string of the molecule is CCN(CC)CC.COC(=O)C1CSC(c2ccc(F)cc2)=N1. The molecule has 1 aliphatic rings. The molecule has 2 rings (SSSR count). The summed E-state index contributed by atoms with van der Waals surface area (Å²) in [6.45, 7) is 10.1. The Hall–Kier alpha value is -1.40. The number of carbonyl (C=O) groups excluding carboxylic acids is 1. The van der Waals surface area contributed by atoms with Crippen LogP contribution in [0.25, 0.3) is 0 Å². The number of hydrogen-bond donors (Lipinski definition) is 0. The van der Waals surface area contributed by atoms with Crippen molar-refractivity contribution in [3.63, 3.8) is 0 Å². The Morgan fingerprint density at radius 2 is 1.83 bits per heavy atom. The number of thioether (sulfide) groups is 1. The number of benzene rings is 1. The molecule has 128 valence electrons. The summed E-state index contributed by atoms with van der Waals surface area (Å²) in [5, 5.41) is 0.760. The van der Waals surface area contributed by atoms with E-state index >= 15 is 0 Å². The highest BCUT2D eigenvalue weighted by atomic mass is 32.2. The number of rotatable bonds is 5. The number of methoxy groups -OCH3 is 1. The van der Waals surface area contributed by atoms with E-state index in [9.17, 15) is 9.18 Å². The number of esters is 1. The summed E-state index contributed by atoms with van der Waals surface area (Å²) in [7, 11) is 1.35. The van der Waals surface area contributed by atoms with Crippen LogP contribution in [-0.4, -0.2) is 54.5 Å². The van der Waals surface area contributed by atoms with Crippen LogP contribution < -0.4 is 0 Å². The molecule has 0 radical (unpaired) electrons. The molecule has 0 fully saturated rings. The molecule has 0 bridgehead atoms. The molecule has 1 atom stereocenters. The minimum absolute atomic E-state index is 0.281. The molecular formula is C17H25FN2O2S. The van der Waals surface area contributed by atoms with Gasteiger partial charge in [-0.2, -0.15) is 0 Å². The fraction of sp³-hybridized carbons (Fsp3) is 0.529. The first-order valence-electron chi connectivity index (χ1n) is 7.82. The molecular weight excluding hydrogens is 315 g/mol. The van der Waals surface area contributed by atoms with Gasteiger partial charge in [-0.15, -0.1) is 11.8 Å². The van der Waals surface area contributed by atoms with Crippen molar-refractivity contribution in [1.82, 2.24) is 4.90 Å². The van der Waals surface area contributed by atoms with Crippen molar-refractivity contribution in [2.45, 2.75) is 26.8 Å². The minimum Gasteiger partial charge on any atom is -0.467 e. The van der Waals surface area contributed by atoms with Crippen molar-refractivity contribution >= 4 is 22.8 Å². The Balaban J connectivity index is 0.000000322. The fourth-order valence-electron chi connectivity index (χ4n) is 2.05. The van der Waals surface area contributed by atoms with E-state index < -0.39 is 6.04 Å². The third-order valence-corrected chi connectivity index (χ3v) is 4.65. The Morgan fingerprint density at radius 3 is 2.26 bits per heavy atom. The minimum atomic E-state index is -0.435. The lowest BCUT2D eigenvalue weighted by Gasteiger charge is -2.13. The normalized spacial score (nSPS) is 16.6. The van der Waals surface area contributed by atoms with Crippen molar-refractivity contribution in [2.24, 2.45) is 4.99 Å². The van der Waals surface area contributed by atoms with Gasteiger partial charge in [-0.25, -0.2) is 9.18 Å². The lowest BCUT2D eigenvalue weighted by molar-refractivity contribution is -0.141. The van der Waals surface area contributed by atoms with Crippen LogP contribution in [0.4, 0.5) is 4.39 Å². The van der Waals surface area contributed by atoms with Crippen LogP contribution in [0.5, 0.6) is 0 Å². The highest BCUT2D eigenvalue weighted by Gasteiger charge is 2.26. The van der Waals surface area contributed by atoms with Gasteiger partial charge in [0.1, 0.15) is 5.82 Å². The summed E-state index contributed by atoms with van der Waals surface area (Å²) in [5.74, 6) is -0.0270. The van der Waals surface area contributed by atoms with E-state index in [2.05, 4.69) is 35.4 Å². The maximum absolute atomic E-state index is 12.7. The van der Waals surface area contributed by atoms with Crippen molar-refractivity contribution in [3.8, 4) is 0 Å². The van der Waals surface area contributed by atoms with Gasteiger partial charge in [0.15, 0.2) is 6.04 Å². The molecule has 0 saturated heterocycles. The van der Waals surface area contributed by atoms with E-state index in [0.717, 1.165) is 10.6 Å². The van der Waals surface area contributed by atoms with Crippen molar-refractivity contribution in [2.75, 3.05) is 32.5 Å². The van der Waals surface area contributed by atoms with Crippen LogP contribution in [0.3, 0.4) is 0 Å². The van der Waals surface area contributed by atoms with Crippen LogP contribution in [0.2, 0.25) is 0 Å². The number of aliphatic imine (C=N–C) groups is 1. The monoisotopic (exact) mass is 340 g/mol. The highest BCUT2D eigenvalue weighted by Crippen LogP contribution is 2.24. The Morgan fingerprint density at radius 1 is 1.26 bits per heavy atom. The quantitative estimate of drug-likeness (QED) is 0.772. The molecule has 1 aromatic carbocycles. The number of nitrogens with zero attached hydrogens (tertiary/aromatic N) is 2. The van der Waals surface area contributed by atoms with Gasteiger partial charge in [0.25, 0.3) is 0 Å². The van der Waals surface area contributed by atoms with Crippen molar-refractivity contribution in [1.29, 1.82) is 0 Å². The number of ether oxygens (including phenoxy) is 1. The number of carbonyl (C=O) groups is 1. The van der Waals surface area contributed by atoms with Crippen LogP contribution in [0, 0.1) is 5.82 Å². The second kappa shape index (κ2) is 10.4. The summed E-state index contributed by atoms with van der Waals surface area (Å²) in [6.07, 6.45) is 0. The molecule has 0 spiro atoms. The average molecular weight is 340 g/mol. The standard InChI is InChI=1S/C11H10FNO2S.C6H15N/c1-15-11(14)9-6-16-10(13-9)7-2-4-8(12)5-3-7;1-4-7(5-2)6-3/h2-5,9H,6H2,1H3;4-6H2,1-3H3. The smallest absolute Gasteiger partial charge is 0.331 e. The summed E-state index contributed by atoms with van der Waals surface area (Å²) >= 11 is 1.48. The molecule has 1 aliphatic heterocycles. The molecule has 6 heteroatoms. The van der Waals surface area contributed by atoms with Gasteiger partial charge in [-0.05, 0) is 43.9 Å². The first kappa shape index (κ1) is 19.6. The lowest BCUT2D eigenvalue weighted by Crippen LogP contribution is -2.21. The van der Waals surface area contributed by atoms with Crippen LogP contribution in [0.1, 0.15) is 26.3 Å². The number of halogens is 1. The molecule has 0 N–H and O–H groups in total. The molecule has 0 aliphatic carbocycles. The Bertz CT molecular complexity index is 510. The van der Waals surface area contributed by atoms with Crippen LogP contribution >= 0.6 is 11.8 Å². The van der Waals surface area contributed by atoms with Crippen molar-refractivity contribution in [3.05, 3.63) is 35.6 Å². The summed E-state index contributed by atoms with van der Waals surface area (Å²) in [4.78, 5) is 17.9. The first-order chi connectivity index (χ1) is 11.0. The molecule has 23 heavy (non-hydrogen) atoms. The molecule has 1 unspecified atom stereocenters. The van der Waals surface area contributed by atoms with E-state index in [1.54, 1.807) is 12.1 Å². The summed E-state index contributed by atoms with van der Waals surface area (Å²) < 4.78 is 17.3. The molecule has 0 amide bonds. The average Bonchev–Trinajstić information content (AvgIpc) is 3.07. The molecule has 0 aromatic heterocycles. The largest absolute Gasteiger partial charge is 0.467 e. The predicted octanol–water partition coefficient (Wildman–Crippen LogP) is 3.21. The van der Waals surface area contributed by atoms with E-state index in [4.69, 9.17) is 0 Å². The highest BCUT2D eigenvalue weighted by molar-refractivity contribution is 8.14. The van der Waals surface area contributed by atoms with E-state index in [1.807, 2.05) is 0 Å². The molecule has 4 nitrogen and oxygen atoms in total. The number of hydrogen-bond acceptors (Lipinski definition) is 5. The maximum atomic E-state index is 12.7. The maximum Gasteiger partial charge on any atom is 0.331 e. The van der Waals surface area contributed by atoms with E-state index in [0.29, 0.717) is 5.75 Å². The zero-order valence-corrected chi connectivity index (χ0v) is 15.0. The van der Waals surface area contributed by atoms with Gasteiger partial charge in [0.2, 0.25) is 0 Å². The molecule has 1 heterocycles. The predicted molar refractivity (Wildman–Crippen MR) is 94.7 cm³/mol. The fourth-order valence-corrected chi connectivity index (χ4v) is 3.08. The molecule has 0 saturated carbocycles. The third kappa shape index (κ3) is 6.31. The van der Waals surface area contributed by atoms with Gasteiger partial charge in [-0.3, -0.25) is 4.99 Å². The van der Waals surface area contributed by atoms with Gasteiger partial charge in [0, 0.05) is 11.3 Å². The van der Waals surface area contributed by atoms with E-state index in [-0.39, 0.29) is 11.8 Å². The van der Waals surface area contributed by atoms with Gasteiger partial charge >= 0.3 is 5.97 Å². The van der Waals surface area contributed by atoms with Crippen molar-refractivity contribution < 1.29 is 13.9 Å². The lowest BCUT2D eigenvalue weighted by atomic mass is 10.2. The second-order valence-electron chi connectivity index (χ2n) is 4.91. The zero-order valence-electron chi connectivity index (χ0n) is 14.2. The van der Waals surface area contributed by atoms with Gasteiger partial charge in [-0.1, -0.05) is 20.8 Å². The van der Waals surface area contributed by atoms with E-state index in [1.165, 1.54) is 50.6 Å². The summed E-state index contributed by atoms with van der Waals surface area (Å²) in [6, 6.07) is 5.63. The van der Waals surface area contributed by atoms with Crippen LogP contribution in [-0.2, 0) is 9.53 Å². The molecule has 1 aromatic rings. The topological polar surface area (TPSA) is 41.9 Å². The third-order valence-electron chi connectivity index (χ3n) is 3.56.